The molecule has 1 unspecified atom stereocenters. The van der Waals surface area contributed by atoms with E-state index in [2.05, 4.69) is 18.7 Å². The number of piperidine rings is 1. The number of benzene rings is 1. The van der Waals surface area contributed by atoms with E-state index < -0.39 is 17.7 Å². The van der Waals surface area contributed by atoms with Crippen molar-refractivity contribution < 1.29 is 13.9 Å². The summed E-state index contributed by atoms with van der Waals surface area (Å²) in [6.07, 6.45) is 3.60. The first-order chi connectivity index (χ1) is 10.0. The molecular formula is C17H25F2NO. The van der Waals surface area contributed by atoms with Crippen LogP contribution in [0.15, 0.2) is 18.2 Å². The topological polar surface area (TPSA) is 23.5 Å². The van der Waals surface area contributed by atoms with Crippen LogP contribution in [0.1, 0.15) is 51.2 Å². The number of halogens is 2. The second-order valence-corrected chi connectivity index (χ2v) is 6.17. The number of likely N-dealkylation sites (tertiary alicyclic amines) is 1. The van der Waals surface area contributed by atoms with E-state index in [9.17, 15) is 13.9 Å². The van der Waals surface area contributed by atoms with Crippen LogP contribution in [-0.4, -0.2) is 29.6 Å². The maximum Gasteiger partial charge on any atom is 0.164 e. The predicted molar refractivity (Wildman–Crippen MR) is 80.0 cm³/mol. The standard InChI is InChI=1S/C17H25F2NO/c1-3-17(4-2)8-10-20(11-9-17)12-15(21)13-6-5-7-14(18)16(13)19/h5-7,15,21H,3-4,8-12H2,1-2H3. The summed E-state index contributed by atoms with van der Waals surface area (Å²) in [5, 5.41) is 10.2. The summed E-state index contributed by atoms with van der Waals surface area (Å²) in [5.41, 5.74) is 0.476. The smallest absolute Gasteiger partial charge is 0.164 e. The number of β-amino-alcohol motifs (C(OH)–C–C–N with tert-alkyl or cyclic N) is 1. The third-order valence-corrected chi connectivity index (χ3v) is 5.19. The van der Waals surface area contributed by atoms with Gasteiger partial charge in [-0.05, 0) is 37.4 Å². The molecule has 1 N–H and O–H groups in total. The first-order valence-electron chi connectivity index (χ1n) is 7.85. The lowest BCUT2D eigenvalue weighted by Gasteiger charge is -2.41. The molecular weight excluding hydrogens is 272 g/mol. The minimum absolute atomic E-state index is 0.0535. The van der Waals surface area contributed by atoms with Crippen LogP contribution < -0.4 is 0 Å². The van der Waals surface area contributed by atoms with E-state index in [4.69, 9.17) is 0 Å². The van der Waals surface area contributed by atoms with E-state index in [0.717, 1.165) is 32.0 Å². The Labute approximate surface area is 125 Å². The SMILES string of the molecule is CCC1(CC)CCN(CC(O)c2cccc(F)c2F)CC1. The zero-order chi connectivity index (χ0) is 15.5. The molecule has 0 radical (unpaired) electrons. The quantitative estimate of drug-likeness (QED) is 0.891. The Kier molecular flexibility index (Phi) is 5.33. The Balaban J connectivity index is 1.96. The second kappa shape index (κ2) is 6.84. The molecule has 21 heavy (non-hydrogen) atoms. The van der Waals surface area contributed by atoms with Crippen molar-refractivity contribution in [2.45, 2.75) is 45.6 Å². The van der Waals surface area contributed by atoms with Crippen LogP contribution in [0, 0.1) is 17.0 Å². The third-order valence-electron chi connectivity index (χ3n) is 5.19. The van der Waals surface area contributed by atoms with Crippen LogP contribution >= 0.6 is 0 Å². The highest BCUT2D eigenvalue weighted by Crippen LogP contribution is 2.38. The van der Waals surface area contributed by atoms with Gasteiger partial charge in [0.1, 0.15) is 0 Å². The van der Waals surface area contributed by atoms with E-state index in [1.807, 2.05) is 0 Å². The van der Waals surface area contributed by atoms with Crippen molar-refractivity contribution in [3.8, 4) is 0 Å². The molecule has 2 nitrogen and oxygen atoms in total. The molecule has 1 heterocycles. The molecule has 0 spiro atoms. The van der Waals surface area contributed by atoms with Crippen LogP contribution in [0.25, 0.3) is 0 Å². The monoisotopic (exact) mass is 297 g/mol. The highest BCUT2D eigenvalue weighted by atomic mass is 19.2. The largest absolute Gasteiger partial charge is 0.387 e. The molecule has 1 aromatic rings. The van der Waals surface area contributed by atoms with Crippen molar-refractivity contribution in [2.75, 3.05) is 19.6 Å². The Morgan fingerprint density at radius 3 is 2.38 bits per heavy atom. The Morgan fingerprint density at radius 1 is 1.19 bits per heavy atom. The summed E-state index contributed by atoms with van der Waals surface area (Å²) in [7, 11) is 0. The fraction of sp³-hybridized carbons (Fsp3) is 0.647. The minimum atomic E-state index is -0.976. The van der Waals surface area contributed by atoms with Crippen molar-refractivity contribution in [3.63, 3.8) is 0 Å². The average molecular weight is 297 g/mol. The van der Waals surface area contributed by atoms with E-state index in [1.165, 1.54) is 25.0 Å². The number of rotatable bonds is 5. The van der Waals surface area contributed by atoms with Crippen molar-refractivity contribution in [2.24, 2.45) is 5.41 Å². The summed E-state index contributed by atoms with van der Waals surface area (Å²) < 4.78 is 26.9. The van der Waals surface area contributed by atoms with E-state index in [0.29, 0.717) is 12.0 Å². The van der Waals surface area contributed by atoms with Gasteiger partial charge in [0.05, 0.1) is 6.10 Å². The van der Waals surface area contributed by atoms with Gasteiger partial charge >= 0.3 is 0 Å². The zero-order valence-corrected chi connectivity index (χ0v) is 12.9. The van der Waals surface area contributed by atoms with E-state index in [-0.39, 0.29) is 5.56 Å². The number of hydrogen-bond acceptors (Lipinski definition) is 2. The second-order valence-electron chi connectivity index (χ2n) is 6.17. The van der Waals surface area contributed by atoms with E-state index in [1.54, 1.807) is 0 Å². The van der Waals surface area contributed by atoms with Gasteiger partial charge in [0.2, 0.25) is 0 Å². The Bertz CT molecular complexity index is 464. The number of aliphatic hydroxyl groups is 1. The fourth-order valence-electron chi connectivity index (χ4n) is 3.29. The number of nitrogens with zero attached hydrogens (tertiary/aromatic N) is 1. The maximum atomic E-state index is 13.7. The van der Waals surface area contributed by atoms with Crippen molar-refractivity contribution >= 4 is 0 Å². The molecule has 4 heteroatoms. The Morgan fingerprint density at radius 2 is 1.81 bits per heavy atom. The minimum Gasteiger partial charge on any atom is -0.387 e. The lowest BCUT2D eigenvalue weighted by Crippen LogP contribution is -2.41. The molecule has 0 aliphatic carbocycles. The van der Waals surface area contributed by atoms with Crippen molar-refractivity contribution in [1.82, 2.24) is 4.90 Å². The molecule has 2 rings (SSSR count). The summed E-state index contributed by atoms with van der Waals surface area (Å²) in [4.78, 5) is 2.15. The lowest BCUT2D eigenvalue weighted by molar-refractivity contribution is 0.0517. The van der Waals surface area contributed by atoms with Crippen LogP contribution in [0.3, 0.4) is 0 Å². The Hall–Kier alpha value is -1.00. The van der Waals surface area contributed by atoms with Crippen molar-refractivity contribution in [1.29, 1.82) is 0 Å². The van der Waals surface area contributed by atoms with Gasteiger partial charge in [-0.3, -0.25) is 0 Å². The van der Waals surface area contributed by atoms with Gasteiger partial charge in [-0.2, -0.15) is 0 Å². The van der Waals surface area contributed by atoms with Gasteiger partial charge in [-0.25, -0.2) is 8.78 Å². The van der Waals surface area contributed by atoms with Crippen LogP contribution in [0.5, 0.6) is 0 Å². The molecule has 1 atom stereocenters. The number of hydrogen-bond donors (Lipinski definition) is 1. The van der Waals surface area contributed by atoms with Gasteiger partial charge in [0.15, 0.2) is 11.6 Å². The zero-order valence-electron chi connectivity index (χ0n) is 12.9. The summed E-state index contributed by atoms with van der Waals surface area (Å²) >= 11 is 0. The third kappa shape index (κ3) is 3.61. The van der Waals surface area contributed by atoms with Gasteiger partial charge in [0, 0.05) is 12.1 Å². The van der Waals surface area contributed by atoms with Crippen LogP contribution in [0.2, 0.25) is 0 Å². The maximum absolute atomic E-state index is 13.7. The van der Waals surface area contributed by atoms with Gasteiger partial charge in [-0.15, -0.1) is 0 Å². The molecule has 1 aliphatic rings. The van der Waals surface area contributed by atoms with Gasteiger partial charge in [-0.1, -0.05) is 38.8 Å². The summed E-state index contributed by atoms with van der Waals surface area (Å²) in [6.45, 7) is 6.65. The molecule has 1 aliphatic heterocycles. The molecule has 1 aromatic carbocycles. The molecule has 118 valence electrons. The molecule has 1 fully saturated rings. The molecule has 0 amide bonds. The molecule has 0 aromatic heterocycles. The average Bonchev–Trinajstić information content (AvgIpc) is 2.51. The highest BCUT2D eigenvalue weighted by molar-refractivity contribution is 5.21. The lowest BCUT2D eigenvalue weighted by atomic mass is 9.74. The van der Waals surface area contributed by atoms with Crippen LogP contribution in [0.4, 0.5) is 8.78 Å². The van der Waals surface area contributed by atoms with Crippen LogP contribution in [-0.2, 0) is 0 Å². The fourth-order valence-corrected chi connectivity index (χ4v) is 3.29. The summed E-state index contributed by atoms with van der Waals surface area (Å²) in [6, 6.07) is 3.96. The van der Waals surface area contributed by atoms with Gasteiger partial charge in [0.25, 0.3) is 0 Å². The summed E-state index contributed by atoms with van der Waals surface area (Å²) in [5.74, 6) is -1.83. The molecule has 1 saturated heterocycles. The normalized spacial score (nSPS) is 20.4. The first kappa shape index (κ1) is 16.4. The highest BCUT2D eigenvalue weighted by Gasteiger charge is 2.32. The van der Waals surface area contributed by atoms with Crippen molar-refractivity contribution in [3.05, 3.63) is 35.4 Å². The van der Waals surface area contributed by atoms with Gasteiger partial charge < -0.3 is 10.0 Å². The predicted octanol–water partition coefficient (Wildman–Crippen LogP) is 3.90. The van der Waals surface area contributed by atoms with E-state index >= 15 is 0 Å². The number of aliphatic hydroxyl groups excluding tert-OH is 1. The first-order valence-corrected chi connectivity index (χ1v) is 7.85. The molecule has 0 saturated carbocycles. The molecule has 0 bridgehead atoms.